The maximum absolute atomic E-state index is 5.69. The Bertz CT molecular complexity index is 701. The molecule has 2 aromatic carbocycles. The number of nitrogens with one attached hydrogen (secondary N) is 1. The monoisotopic (exact) mass is 238 g/mol. The van der Waals surface area contributed by atoms with Crippen molar-refractivity contribution in [2.75, 3.05) is 5.32 Å². The first-order chi connectivity index (χ1) is 8.74. The van der Waals surface area contributed by atoms with Gasteiger partial charge in [-0.05, 0) is 37.1 Å². The molecule has 0 saturated carbocycles. The number of oxazole rings is 1. The summed E-state index contributed by atoms with van der Waals surface area (Å²) in [6, 6.07) is 14.5. The van der Waals surface area contributed by atoms with Crippen LogP contribution in [-0.4, -0.2) is 4.98 Å². The van der Waals surface area contributed by atoms with Gasteiger partial charge in [-0.1, -0.05) is 30.3 Å². The molecule has 18 heavy (non-hydrogen) atoms. The minimum absolute atomic E-state index is 0.536. The number of aryl methyl sites for hydroxylation is 2. The lowest BCUT2D eigenvalue weighted by Gasteiger charge is -2.04. The minimum atomic E-state index is 0.536. The van der Waals surface area contributed by atoms with Gasteiger partial charge in [-0.15, -0.1) is 0 Å². The highest BCUT2D eigenvalue weighted by atomic mass is 16.4. The first kappa shape index (κ1) is 10.8. The van der Waals surface area contributed by atoms with Gasteiger partial charge < -0.3 is 9.73 Å². The van der Waals surface area contributed by atoms with Gasteiger partial charge in [-0.3, -0.25) is 0 Å². The van der Waals surface area contributed by atoms with E-state index in [1.54, 1.807) is 0 Å². The van der Waals surface area contributed by atoms with Gasteiger partial charge in [0, 0.05) is 5.69 Å². The van der Waals surface area contributed by atoms with Crippen LogP contribution in [0.2, 0.25) is 0 Å². The molecule has 0 spiro atoms. The van der Waals surface area contributed by atoms with E-state index in [9.17, 15) is 0 Å². The molecule has 0 aliphatic rings. The normalized spacial score (nSPS) is 10.8. The molecular weight excluding hydrogens is 224 g/mol. The van der Waals surface area contributed by atoms with Gasteiger partial charge >= 0.3 is 0 Å². The fraction of sp³-hybridized carbons (Fsp3) is 0.133. The van der Waals surface area contributed by atoms with E-state index in [1.807, 2.05) is 43.3 Å². The number of hydrogen-bond acceptors (Lipinski definition) is 3. The summed E-state index contributed by atoms with van der Waals surface area (Å²) in [5, 5.41) is 3.21. The zero-order valence-corrected chi connectivity index (χ0v) is 10.4. The van der Waals surface area contributed by atoms with Crippen molar-refractivity contribution in [1.29, 1.82) is 0 Å². The van der Waals surface area contributed by atoms with E-state index >= 15 is 0 Å². The molecule has 3 heteroatoms. The molecule has 3 rings (SSSR count). The molecule has 90 valence electrons. The van der Waals surface area contributed by atoms with Crippen LogP contribution in [0.25, 0.3) is 11.1 Å². The number of hydrogen-bond donors (Lipinski definition) is 1. The quantitative estimate of drug-likeness (QED) is 0.727. The topological polar surface area (TPSA) is 38.1 Å². The summed E-state index contributed by atoms with van der Waals surface area (Å²) in [7, 11) is 0. The molecule has 0 bridgehead atoms. The number of benzene rings is 2. The molecule has 3 nitrogen and oxygen atoms in total. The molecule has 0 unspecified atom stereocenters. The van der Waals surface area contributed by atoms with Crippen molar-refractivity contribution in [2.24, 2.45) is 0 Å². The summed E-state index contributed by atoms with van der Waals surface area (Å²) in [6.07, 6.45) is 0. The molecule has 1 N–H and O–H groups in total. The summed E-state index contributed by atoms with van der Waals surface area (Å²) in [6.45, 7) is 4.08. The zero-order valence-electron chi connectivity index (χ0n) is 10.4. The van der Waals surface area contributed by atoms with Crippen molar-refractivity contribution < 1.29 is 4.42 Å². The number of aromatic nitrogens is 1. The zero-order chi connectivity index (χ0) is 12.5. The van der Waals surface area contributed by atoms with Crippen LogP contribution in [0, 0.1) is 13.8 Å². The van der Waals surface area contributed by atoms with Gasteiger partial charge in [0.1, 0.15) is 5.52 Å². The van der Waals surface area contributed by atoms with Crippen molar-refractivity contribution in [1.82, 2.24) is 4.98 Å². The molecule has 0 fully saturated rings. The van der Waals surface area contributed by atoms with E-state index in [4.69, 9.17) is 4.42 Å². The highest BCUT2D eigenvalue weighted by molar-refractivity contribution is 5.78. The van der Waals surface area contributed by atoms with Crippen LogP contribution in [0.15, 0.2) is 46.9 Å². The van der Waals surface area contributed by atoms with E-state index in [2.05, 4.69) is 23.3 Å². The average molecular weight is 238 g/mol. The summed E-state index contributed by atoms with van der Waals surface area (Å²) in [5.41, 5.74) is 5.02. The number of rotatable bonds is 2. The number of nitrogens with zero attached hydrogens (tertiary/aromatic N) is 1. The van der Waals surface area contributed by atoms with Crippen LogP contribution in [0.1, 0.15) is 11.1 Å². The Morgan fingerprint density at radius 2 is 1.72 bits per heavy atom. The minimum Gasteiger partial charge on any atom is -0.423 e. The fourth-order valence-electron chi connectivity index (χ4n) is 1.97. The Morgan fingerprint density at radius 1 is 0.944 bits per heavy atom. The first-order valence-electron chi connectivity index (χ1n) is 5.93. The molecule has 0 aliphatic carbocycles. The number of para-hydroxylation sites is 2. The highest BCUT2D eigenvalue weighted by Gasteiger charge is 2.08. The van der Waals surface area contributed by atoms with Crippen molar-refractivity contribution in [3.05, 3.63) is 53.6 Å². The van der Waals surface area contributed by atoms with Crippen LogP contribution in [0.3, 0.4) is 0 Å². The van der Waals surface area contributed by atoms with Crippen LogP contribution >= 0.6 is 0 Å². The first-order valence-corrected chi connectivity index (χ1v) is 5.93. The maximum atomic E-state index is 5.69. The molecule has 3 aromatic rings. The maximum Gasteiger partial charge on any atom is 0.300 e. The van der Waals surface area contributed by atoms with Gasteiger partial charge in [0.2, 0.25) is 0 Å². The van der Waals surface area contributed by atoms with E-state index in [1.165, 1.54) is 0 Å². The smallest absolute Gasteiger partial charge is 0.300 e. The van der Waals surface area contributed by atoms with Crippen molar-refractivity contribution in [2.45, 2.75) is 13.8 Å². The third kappa shape index (κ3) is 1.84. The van der Waals surface area contributed by atoms with E-state index in [0.29, 0.717) is 6.01 Å². The lowest BCUT2D eigenvalue weighted by Crippen LogP contribution is -1.92. The second kappa shape index (κ2) is 4.18. The molecule has 0 saturated heterocycles. The van der Waals surface area contributed by atoms with Gasteiger partial charge in [-0.2, -0.15) is 4.98 Å². The molecular formula is C15H14N2O. The van der Waals surface area contributed by atoms with Crippen LogP contribution < -0.4 is 5.32 Å². The Hall–Kier alpha value is -2.29. The van der Waals surface area contributed by atoms with Gasteiger partial charge in [-0.25, -0.2) is 0 Å². The lowest BCUT2D eigenvalue weighted by atomic mass is 10.2. The third-order valence-corrected chi connectivity index (χ3v) is 3.01. The van der Waals surface area contributed by atoms with E-state index in [-0.39, 0.29) is 0 Å². The summed E-state index contributed by atoms with van der Waals surface area (Å²) in [5.74, 6) is 0. The summed E-state index contributed by atoms with van der Waals surface area (Å²) >= 11 is 0. The van der Waals surface area contributed by atoms with Crippen molar-refractivity contribution in [3.8, 4) is 0 Å². The summed E-state index contributed by atoms with van der Waals surface area (Å²) in [4.78, 5) is 4.47. The molecule has 1 aromatic heterocycles. The SMILES string of the molecule is Cc1ccccc1Nc1nc2c(C)cccc2o1. The predicted octanol–water partition coefficient (Wildman–Crippen LogP) is 4.19. The Morgan fingerprint density at radius 3 is 2.50 bits per heavy atom. The van der Waals surface area contributed by atoms with Crippen molar-refractivity contribution in [3.63, 3.8) is 0 Å². The summed E-state index contributed by atoms with van der Waals surface area (Å²) < 4.78 is 5.69. The Balaban J connectivity index is 2.01. The Kier molecular flexibility index (Phi) is 2.52. The second-order valence-electron chi connectivity index (χ2n) is 4.38. The Labute approximate surface area is 105 Å². The van der Waals surface area contributed by atoms with Crippen LogP contribution in [-0.2, 0) is 0 Å². The number of anilines is 2. The highest BCUT2D eigenvalue weighted by Crippen LogP contribution is 2.25. The van der Waals surface area contributed by atoms with E-state index < -0.39 is 0 Å². The van der Waals surface area contributed by atoms with Gasteiger partial charge in [0.05, 0.1) is 0 Å². The predicted molar refractivity (Wildman–Crippen MR) is 73.2 cm³/mol. The average Bonchev–Trinajstić information content (AvgIpc) is 2.76. The second-order valence-corrected chi connectivity index (χ2v) is 4.38. The van der Waals surface area contributed by atoms with Crippen LogP contribution in [0.5, 0.6) is 0 Å². The molecule has 1 heterocycles. The number of fused-ring (bicyclic) bond motifs is 1. The molecule has 0 atom stereocenters. The van der Waals surface area contributed by atoms with Crippen LogP contribution in [0.4, 0.5) is 11.7 Å². The molecule has 0 amide bonds. The van der Waals surface area contributed by atoms with Crippen molar-refractivity contribution >= 4 is 22.8 Å². The molecule has 0 radical (unpaired) electrons. The largest absolute Gasteiger partial charge is 0.423 e. The fourth-order valence-corrected chi connectivity index (χ4v) is 1.97. The third-order valence-electron chi connectivity index (χ3n) is 3.01. The van der Waals surface area contributed by atoms with Gasteiger partial charge in [0.15, 0.2) is 5.58 Å². The lowest BCUT2D eigenvalue weighted by molar-refractivity contribution is 0.623. The van der Waals surface area contributed by atoms with E-state index in [0.717, 1.165) is 27.9 Å². The molecule has 0 aliphatic heterocycles. The van der Waals surface area contributed by atoms with Gasteiger partial charge in [0.25, 0.3) is 6.01 Å². The standard InChI is InChI=1S/C15H14N2O/c1-10-6-3-4-8-12(10)16-15-17-14-11(2)7-5-9-13(14)18-15/h3-9H,1-2H3,(H,16,17).